The quantitative estimate of drug-likeness (QED) is 0.538. The van der Waals surface area contributed by atoms with Crippen molar-refractivity contribution in [3.63, 3.8) is 0 Å². The van der Waals surface area contributed by atoms with Gasteiger partial charge in [-0.3, -0.25) is 9.59 Å². The fraction of sp³-hybridized carbons (Fsp3) is 0.556. The second kappa shape index (κ2) is 9.09. The van der Waals surface area contributed by atoms with Crippen molar-refractivity contribution >= 4 is 23.4 Å². The zero-order chi connectivity index (χ0) is 21.1. The maximum atomic E-state index is 13.9. The molecule has 1 fully saturated rings. The van der Waals surface area contributed by atoms with Crippen LogP contribution in [0.1, 0.15) is 31.9 Å². The first-order valence-electron chi connectivity index (χ1n) is 8.69. The molecule has 1 aliphatic heterocycles. The van der Waals surface area contributed by atoms with Crippen LogP contribution in [0.2, 0.25) is 5.02 Å². The van der Waals surface area contributed by atoms with E-state index in [-0.39, 0.29) is 36.5 Å². The van der Waals surface area contributed by atoms with Crippen LogP contribution in [-0.4, -0.2) is 48.7 Å². The molecule has 0 saturated carbocycles. The first-order valence-corrected chi connectivity index (χ1v) is 9.07. The highest BCUT2D eigenvalue weighted by Gasteiger charge is 2.45. The topological polar surface area (TPSA) is 58.6 Å². The highest BCUT2D eigenvalue weighted by molar-refractivity contribution is 6.30. The van der Waals surface area contributed by atoms with Gasteiger partial charge < -0.3 is 15.0 Å². The van der Waals surface area contributed by atoms with Crippen LogP contribution < -0.4 is 5.32 Å². The summed E-state index contributed by atoms with van der Waals surface area (Å²) in [5, 5.41) is 2.41. The van der Waals surface area contributed by atoms with Gasteiger partial charge in [-0.1, -0.05) is 17.7 Å². The van der Waals surface area contributed by atoms with Gasteiger partial charge in [0.15, 0.2) is 0 Å². The average molecular weight is 425 g/mol. The van der Waals surface area contributed by atoms with E-state index in [0.29, 0.717) is 5.56 Å². The Kier molecular flexibility index (Phi) is 7.28. The summed E-state index contributed by atoms with van der Waals surface area (Å²) in [5.41, 5.74) is 0.426. The molecule has 1 aliphatic rings. The maximum Gasteiger partial charge on any atom is 0.411 e. The van der Waals surface area contributed by atoms with E-state index in [2.05, 4.69) is 10.1 Å². The molecule has 2 atom stereocenters. The van der Waals surface area contributed by atoms with Crippen LogP contribution in [-0.2, 0) is 14.3 Å². The van der Waals surface area contributed by atoms with Crippen LogP contribution in [0.4, 0.5) is 17.6 Å². The molecule has 0 aromatic heterocycles. The molecule has 1 N–H and O–H groups in total. The largest absolute Gasteiger partial charge is 0.411 e. The van der Waals surface area contributed by atoms with Crippen molar-refractivity contribution in [2.24, 2.45) is 5.92 Å². The highest BCUT2D eigenvalue weighted by atomic mass is 35.5. The molecular weight excluding hydrogens is 404 g/mol. The first-order chi connectivity index (χ1) is 13.0. The van der Waals surface area contributed by atoms with Crippen molar-refractivity contribution in [1.82, 2.24) is 10.2 Å². The van der Waals surface area contributed by atoms with E-state index in [1.165, 1.54) is 17.0 Å². The number of alkyl halides is 3. The molecule has 28 heavy (non-hydrogen) atoms. The van der Waals surface area contributed by atoms with Gasteiger partial charge in [0.05, 0.1) is 23.6 Å². The lowest BCUT2D eigenvalue weighted by Gasteiger charge is -2.31. The van der Waals surface area contributed by atoms with Gasteiger partial charge in [0, 0.05) is 19.0 Å². The smallest absolute Gasteiger partial charge is 0.370 e. The molecule has 0 bridgehead atoms. The molecule has 2 amide bonds. The van der Waals surface area contributed by atoms with Gasteiger partial charge in [-0.15, -0.1) is 0 Å². The third-order valence-corrected chi connectivity index (χ3v) is 4.66. The molecule has 1 aromatic carbocycles. The zero-order valence-corrected chi connectivity index (χ0v) is 16.1. The molecule has 0 spiro atoms. The average Bonchev–Trinajstić information content (AvgIpc) is 2.93. The molecular formula is C18H21ClF4N2O3. The Bertz CT molecular complexity index is 727. The van der Waals surface area contributed by atoms with Crippen molar-refractivity contribution < 1.29 is 31.9 Å². The number of ether oxygens (including phenoxy) is 1. The highest BCUT2D eigenvalue weighted by Crippen LogP contribution is 2.40. The second-order valence-corrected chi connectivity index (χ2v) is 7.19. The maximum absolute atomic E-state index is 13.9. The number of benzene rings is 1. The van der Waals surface area contributed by atoms with Crippen LogP contribution in [0.25, 0.3) is 0 Å². The van der Waals surface area contributed by atoms with Crippen LogP contribution in [0.5, 0.6) is 0 Å². The number of rotatable bonds is 7. The summed E-state index contributed by atoms with van der Waals surface area (Å²) < 4.78 is 54.5. The number of halogens is 5. The first kappa shape index (κ1) is 22.4. The van der Waals surface area contributed by atoms with Crippen LogP contribution in [0.15, 0.2) is 18.2 Å². The molecule has 2 rings (SSSR count). The lowest BCUT2D eigenvalue weighted by molar-refractivity contribution is -0.173. The van der Waals surface area contributed by atoms with Gasteiger partial charge >= 0.3 is 6.18 Å². The van der Waals surface area contributed by atoms with E-state index in [9.17, 15) is 27.2 Å². The summed E-state index contributed by atoms with van der Waals surface area (Å²) in [6.07, 6.45) is -4.52. The number of amides is 2. The Morgan fingerprint density at radius 1 is 1.39 bits per heavy atom. The minimum Gasteiger partial charge on any atom is -0.370 e. The molecule has 1 aromatic rings. The Morgan fingerprint density at radius 2 is 2.07 bits per heavy atom. The number of carbonyl (C=O) groups is 2. The Labute approximate surface area is 165 Å². The summed E-state index contributed by atoms with van der Waals surface area (Å²) in [7, 11) is 0. The standard InChI is InChI=1S/C18H21ClF4N2O3/c1-10(2)25-15(26)8-12(16(25)11-3-4-13(19)14(20)7-11)17(27)24-5-6-28-9-18(21,22)23/h3-4,7,10,12,16H,5-6,8-9H2,1-2H3,(H,24,27)/t12-,16+/m0/s1. The Morgan fingerprint density at radius 3 is 2.64 bits per heavy atom. The van der Waals surface area contributed by atoms with E-state index >= 15 is 0 Å². The van der Waals surface area contributed by atoms with Gasteiger partial charge in [0.25, 0.3) is 0 Å². The number of nitrogens with one attached hydrogen (secondary N) is 1. The molecule has 1 heterocycles. The van der Waals surface area contributed by atoms with E-state index in [4.69, 9.17) is 11.6 Å². The summed E-state index contributed by atoms with van der Waals surface area (Å²) in [5.74, 6) is -2.24. The third kappa shape index (κ3) is 5.57. The minimum absolute atomic E-state index is 0.0769. The van der Waals surface area contributed by atoms with Gasteiger partial charge in [-0.25, -0.2) is 4.39 Å². The summed E-state index contributed by atoms with van der Waals surface area (Å²) in [4.78, 5) is 26.5. The molecule has 10 heteroatoms. The third-order valence-electron chi connectivity index (χ3n) is 4.35. The zero-order valence-electron chi connectivity index (χ0n) is 15.4. The number of carbonyl (C=O) groups excluding carboxylic acids is 2. The lowest BCUT2D eigenvalue weighted by Crippen LogP contribution is -2.39. The summed E-state index contributed by atoms with van der Waals surface area (Å²) >= 11 is 5.72. The van der Waals surface area contributed by atoms with Crippen molar-refractivity contribution in [3.8, 4) is 0 Å². The van der Waals surface area contributed by atoms with E-state index < -0.39 is 36.5 Å². The SMILES string of the molecule is CC(C)N1C(=O)C[C@H](C(=O)NCCOCC(F)(F)F)[C@H]1c1ccc(Cl)c(F)c1. The fourth-order valence-electron chi connectivity index (χ4n) is 3.25. The number of hydrogen-bond donors (Lipinski definition) is 1. The van der Waals surface area contributed by atoms with Crippen LogP contribution in [0, 0.1) is 11.7 Å². The van der Waals surface area contributed by atoms with Gasteiger partial charge in [-0.05, 0) is 31.5 Å². The van der Waals surface area contributed by atoms with Gasteiger partial charge in [0.1, 0.15) is 12.4 Å². The lowest BCUT2D eigenvalue weighted by atomic mass is 9.92. The molecule has 156 valence electrons. The molecule has 0 radical (unpaired) electrons. The predicted molar refractivity (Wildman–Crippen MR) is 94.1 cm³/mol. The van der Waals surface area contributed by atoms with E-state index in [1.807, 2.05) is 0 Å². The predicted octanol–water partition coefficient (Wildman–Crippen LogP) is 3.47. The molecule has 0 aliphatic carbocycles. The Balaban J connectivity index is 2.11. The Hall–Kier alpha value is -1.87. The number of likely N-dealkylation sites (tertiary alicyclic amines) is 1. The van der Waals surface area contributed by atoms with Crippen LogP contribution in [0.3, 0.4) is 0 Å². The van der Waals surface area contributed by atoms with Crippen molar-refractivity contribution in [2.75, 3.05) is 19.8 Å². The summed E-state index contributed by atoms with van der Waals surface area (Å²) in [6, 6.07) is 3.16. The summed E-state index contributed by atoms with van der Waals surface area (Å²) in [6.45, 7) is 1.70. The molecule has 5 nitrogen and oxygen atoms in total. The van der Waals surface area contributed by atoms with Crippen LogP contribution >= 0.6 is 11.6 Å². The minimum atomic E-state index is -4.44. The van der Waals surface area contributed by atoms with Crippen molar-refractivity contribution in [1.29, 1.82) is 0 Å². The monoisotopic (exact) mass is 424 g/mol. The van der Waals surface area contributed by atoms with Gasteiger partial charge in [-0.2, -0.15) is 13.2 Å². The number of nitrogens with zero attached hydrogens (tertiary/aromatic N) is 1. The van der Waals surface area contributed by atoms with Gasteiger partial charge in [0.2, 0.25) is 11.8 Å². The van der Waals surface area contributed by atoms with Crippen molar-refractivity contribution in [3.05, 3.63) is 34.6 Å². The van der Waals surface area contributed by atoms with Crippen molar-refractivity contribution in [2.45, 2.75) is 38.5 Å². The number of hydrogen-bond acceptors (Lipinski definition) is 3. The van der Waals surface area contributed by atoms with E-state index in [0.717, 1.165) is 0 Å². The normalized spacial score (nSPS) is 20.1. The van der Waals surface area contributed by atoms with E-state index in [1.54, 1.807) is 19.9 Å². The molecule has 1 saturated heterocycles. The fourth-order valence-corrected chi connectivity index (χ4v) is 3.37. The second-order valence-electron chi connectivity index (χ2n) is 6.78. The molecule has 0 unspecified atom stereocenters.